The Hall–Kier alpha value is -1.17. The van der Waals surface area contributed by atoms with E-state index in [0.29, 0.717) is 16.5 Å². The fourth-order valence-electron chi connectivity index (χ4n) is 5.75. The number of aromatic nitrogens is 2. The second-order valence-corrected chi connectivity index (χ2v) is 8.91. The molecule has 1 aromatic heterocycles. The Balaban J connectivity index is 1.52. The number of hydrogen-bond acceptors (Lipinski definition) is 4. The van der Waals surface area contributed by atoms with E-state index in [1.54, 1.807) is 5.51 Å². The maximum absolute atomic E-state index is 12.4. The third-order valence-corrected chi connectivity index (χ3v) is 6.90. The van der Waals surface area contributed by atoms with Gasteiger partial charge >= 0.3 is 6.03 Å². The summed E-state index contributed by atoms with van der Waals surface area (Å²) in [7, 11) is 0. The normalized spacial score (nSPS) is 39.2. The van der Waals surface area contributed by atoms with E-state index in [-0.39, 0.29) is 11.6 Å². The van der Waals surface area contributed by atoms with Gasteiger partial charge in [-0.1, -0.05) is 25.2 Å². The van der Waals surface area contributed by atoms with Gasteiger partial charge in [0.05, 0.1) is 0 Å². The van der Waals surface area contributed by atoms with E-state index in [0.717, 1.165) is 31.1 Å². The molecule has 2 amide bonds. The molecule has 0 saturated heterocycles. The van der Waals surface area contributed by atoms with Crippen molar-refractivity contribution in [3.05, 3.63) is 5.51 Å². The Bertz CT molecular complexity index is 557. The van der Waals surface area contributed by atoms with Crippen LogP contribution < -0.4 is 10.6 Å². The molecule has 5 nitrogen and oxygen atoms in total. The molecule has 2 N–H and O–H groups in total. The largest absolute Gasteiger partial charge is 0.332 e. The molecule has 0 radical (unpaired) electrons. The first-order valence-electron chi connectivity index (χ1n) is 8.34. The molecule has 0 aliphatic heterocycles. The zero-order chi connectivity index (χ0) is 15.4. The van der Waals surface area contributed by atoms with Gasteiger partial charge in [-0.05, 0) is 61.7 Å². The van der Waals surface area contributed by atoms with Crippen molar-refractivity contribution in [1.29, 1.82) is 0 Å². The fourth-order valence-corrected chi connectivity index (χ4v) is 6.19. The van der Waals surface area contributed by atoms with Gasteiger partial charge in [0.15, 0.2) is 0 Å². The smallest absolute Gasteiger partial charge is 0.321 e. The van der Waals surface area contributed by atoms with Crippen LogP contribution >= 0.6 is 11.3 Å². The van der Waals surface area contributed by atoms with Gasteiger partial charge in [-0.2, -0.15) is 0 Å². The highest BCUT2D eigenvalue weighted by atomic mass is 32.1. The van der Waals surface area contributed by atoms with Crippen LogP contribution in [0, 0.1) is 23.2 Å². The molecular formula is C16H24N4OS. The molecule has 6 heteroatoms. The predicted octanol–water partition coefficient (Wildman–Crippen LogP) is 3.65. The second kappa shape index (κ2) is 4.91. The molecule has 4 saturated carbocycles. The van der Waals surface area contributed by atoms with Crippen LogP contribution in [0.3, 0.4) is 0 Å². The number of nitrogens with one attached hydrogen (secondary N) is 2. The van der Waals surface area contributed by atoms with Crippen LogP contribution in [0.4, 0.5) is 9.93 Å². The van der Waals surface area contributed by atoms with Crippen molar-refractivity contribution in [3.63, 3.8) is 0 Å². The molecule has 120 valence electrons. The van der Waals surface area contributed by atoms with Crippen LogP contribution in [-0.2, 0) is 0 Å². The molecule has 0 unspecified atom stereocenters. The van der Waals surface area contributed by atoms with Crippen LogP contribution in [0.15, 0.2) is 5.51 Å². The van der Waals surface area contributed by atoms with Crippen molar-refractivity contribution in [3.8, 4) is 0 Å². The van der Waals surface area contributed by atoms with Crippen molar-refractivity contribution >= 4 is 22.5 Å². The number of urea groups is 1. The minimum absolute atomic E-state index is 0.00310. The molecule has 0 spiro atoms. The maximum Gasteiger partial charge on any atom is 0.321 e. The molecular weight excluding hydrogens is 296 g/mol. The Kier molecular flexibility index (Phi) is 3.22. The van der Waals surface area contributed by atoms with Crippen LogP contribution in [0.25, 0.3) is 0 Å². The minimum Gasteiger partial charge on any atom is -0.332 e. The standard InChI is InChI=1S/C16H24N4OS/c1-10(2)15-4-11-3-12(5-15)7-16(6-11,8-15)19-13(21)18-14-20-17-9-22-14/h9-12H,3-8H2,1-2H3,(H2,18,19,20,21)/t11-,12-,15?,16?/m1/s1. The van der Waals surface area contributed by atoms with Crippen molar-refractivity contribution in [1.82, 2.24) is 15.5 Å². The molecule has 2 atom stereocenters. The van der Waals surface area contributed by atoms with Gasteiger partial charge < -0.3 is 5.32 Å². The van der Waals surface area contributed by atoms with E-state index in [9.17, 15) is 4.79 Å². The lowest BCUT2D eigenvalue weighted by molar-refractivity contribution is -0.0994. The van der Waals surface area contributed by atoms with E-state index in [4.69, 9.17) is 0 Å². The number of hydrogen-bond donors (Lipinski definition) is 2. The third kappa shape index (κ3) is 2.32. The highest BCUT2D eigenvalue weighted by molar-refractivity contribution is 7.13. The molecule has 4 aliphatic carbocycles. The first kappa shape index (κ1) is 14.4. The highest BCUT2D eigenvalue weighted by Crippen LogP contribution is 2.64. The Morgan fingerprint density at radius 1 is 1.32 bits per heavy atom. The summed E-state index contributed by atoms with van der Waals surface area (Å²) in [6, 6.07) is -0.113. The van der Waals surface area contributed by atoms with E-state index in [1.165, 1.54) is 30.6 Å². The molecule has 0 aromatic carbocycles. The topological polar surface area (TPSA) is 66.9 Å². The zero-order valence-corrected chi connectivity index (χ0v) is 14.1. The molecule has 4 bridgehead atoms. The lowest BCUT2D eigenvalue weighted by Gasteiger charge is -2.63. The van der Waals surface area contributed by atoms with Crippen LogP contribution in [0.1, 0.15) is 52.4 Å². The molecule has 1 aromatic rings. The number of carbonyl (C=O) groups is 1. The van der Waals surface area contributed by atoms with Crippen molar-refractivity contribution < 1.29 is 4.79 Å². The maximum atomic E-state index is 12.4. The average molecular weight is 320 g/mol. The van der Waals surface area contributed by atoms with Crippen molar-refractivity contribution in [2.24, 2.45) is 23.2 Å². The van der Waals surface area contributed by atoms with E-state index in [2.05, 4.69) is 34.7 Å². The predicted molar refractivity (Wildman–Crippen MR) is 86.7 cm³/mol. The van der Waals surface area contributed by atoms with Gasteiger partial charge in [0.2, 0.25) is 5.13 Å². The summed E-state index contributed by atoms with van der Waals surface area (Å²) >= 11 is 1.35. The molecule has 22 heavy (non-hydrogen) atoms. The second-order valence-electron chi connectivity index (χ2n) is 8.08. The molecule has 4 aliphatic rings. The van der Waals surface area contributed by atoms with E-state index >= 15 is 0 Å². The van der Waals surface area contributed by atoms with Crippen LogP contribution in [0.2, 0.25) is 0 Å². The van der Waals surface area contributed by atoms with Gasteiger partial charge in [0.25, 0.3) is 0 Å². The summed E-state index contributed by atoms with van der Waals surface area (Å²) in [6.07, 6.45) is 7.55. The van der Waals surface area contributed by atoms with Crippen LogP contribution in [0.5, 0.6) is 0 Å². The fraction of sp³-hybridized carbons (Fsp3) is 0.812. The minimum atomic E-state index is -0.113. The van der Waals surface area contributed by atoms with Crippen LogP contribution in [-0.4, -0.2) is 21.8 Å². The quantitative estimate of drug-likeness (QED) is 0.893. The number of nitrogens with zero attached hydrogens (tertiary/aromatic N) is 2. The van der Waals surface area contributed by atoms with Gasteiger partial charge in [-0.25, -0.2) is 4.79 Å². The molecule has 1 heterocycles. The number of anilines is 1. The highest BCUT2D eigenvalue weighted by Gasteiger charge is 2.58. The van der Waals surface area contributed by atoms with Gasteiger partial charge in [0.1, 0.15) is 5.51 Å². The lowest BCUT2D eigenvalue weighted by atomic mass is 9.44. The van der Waals surface area contributed by atoms with Gasteiger partial charge in [0, 0.05) is 5.54 Å². The monoisotopic (exact) mass is 320 g/mol. The van der Waals surface area contributed by atoms with E-state index in [1.807, 2.05) is 0 Å². The summed E-state index contributed by atoms with van der Waals surface area (Å²) < 4.78 is 0. The Morgan fingerprint density at radius 2 is 2.05 bits per heavy atom. The Morgan fingerprint density at radius 3 is 2.64 bits per heavy atom. The number of rotatable bonds is 3. The average Bonchev–Trinajstić information content (AvgIpc) is 2.88. The summed E-state index contributed by atoms with van der Waals surface area (Å²) in [6.45, 7) is 4.73. The van der Waals surface area contributed by atoms with Gasteiger partial charge in [-0.3, -0.25) is 5.32 Å². The number of amides is 2. The third-order valence-electron chi connectivity index (χ3n) is 6.29. The van der Waals surface area contributed by atoms with Crippen molar-refractivity contribution in [2.45, 2.75) is 57.9 Å². The first-order chi connectivity index (χ1) is 10.5. The van der Waals surface area contributed by atoms with Gasteiger partial charge in [-0.15, -0.1) is 10.2 Å². The SMILES string of the molecule is CC(C)C12C[C@H]3C[C@@H](CC(NC(=O)Nc4nncs4)(C3)C1)C2. The zero-order valence-electron chi connectivity index (χ0n) is 13.3. The summed E-state index contributed by atoms with van der Waals surface area (Å²) in [5.41, 5.74) is 2.08. The summed E-state index contributed by atoms with van der Waals surface area (Å²) in [4.78, 5) is 12.4. The lowest BCUT2D eigenvalue weighted by Crippen LogP contribution is -2.64. The summed E-state index contributed by atoms with van der Waals surface area (Å²) in [5.74, 6) is 2.29. The van der Waals surface area contributed by atoms with E-state index < -0.39 is 0 Å². The Labute approximate surface area is 135 Å². The number of carbonyl (C=O) groups excluding carboxylic acids is 1. The molecule has 5 rings (SSSR count). The first-order valence-corrected chi connectivity index (χ1v) is 9.22. The van der Waals surface area contributed by atoms with Crippen molar-refractivity contribution in [2.75, 3.05) is 5.32 Å². The molecule has 4 fully saturated rings. The summed E-state index contributed by atoms with van der Waals surface area (Å²) in [5, 5.41) is 14.4.